The fourth-order valence-electron chi connectivity index (χ4n) is 2.27. The molecule has 0 aliphatic rings. The molecule has 3 aromatic rings. The third kappa shape index (κ3) is 3.37. The second kappa shape index (κ2) is 6.34. The summed E-state index contributed by atoms with van der Waals surface area (Å²) in [5, 5.41) is 8.33. The lowest BCUT2D eigenvalue weighted by atomic mass is 10.2. The second-order valence-corrected chi connectivity index (χ2v) is 5.90. The Bertz CT molecular complexity index is 781. The molecule has 0 fully saturated rings. The average molecular weight is 316 g/mol. The Morgan fingerprint density at radius 3 is 2.91 bits per heavy atom. The molecular weight excluding hydrogens is 298 g/mol. The first-order chi connectivity index (χ1) is 10.6. The van der Waals surface area contributed by atoms with E-state index in [1.165, 1.54) is 0 Å². The van der Waals surface area contributed by atoms with Crippen LogP contribution in [-0.4, -0.2) is 33.6 Å². The van der Waals surface area contributed by atoms with Gasteiger partial charge in [-0.2, -0.15) is 5.10 Å². The Kier molecular flexibility index (Phi) is 4.27. The van der Waals surface area contributed by atoms with Crippen LogP contribution in [0.5, 0.6) is 0 Å². The van der Waals surface area contributed by atoms with Crippen LogP contribution in [0.3, 0.4) is 0 Å². The van der Waals surface area contributed by atoms with E-state index in [2.05, 4.69) is 26.4 Å². The summed E-state index contributed by atoms with van der Waals surface area (Å²) in [5.74, 6) is 0. The maximum atomic E-state index is 6.33. The Morgan fingerprint density at radius 1 is 1.27 bits per heavy atom. The van der Waals surface area contributed by atoms with Gasteiger partial charge in [-0.15, -0.1) is 0 Å². The van der Waals surface area contributed by atoms with E-state index in [1.54, 1.807) is 10.7 Å². The number of halogens is 1. The van der Waals surface area contributed by atoms with Crippen LogP contribution in [-0.2, 0) is 13.1 Å². The fourth-order valence-corrected chi connectivity index (χ4v) is 2.51. The van der Waals surface area contributed by atoms with E-state index in [0.717, 1.165) is 34.0 Å². The summed E-state index contributed by atoms with van der Waals surface area (Å²) >= 11 is 6.33. The van der Waals surface area contributed by atoms with Crippen molar-refractivity contribution >= 4 is 22.9 Å². The topological polar surface area (TPSA) is 45.5 Å². The quantitative estimate of drug-likeness (QED) is 0.786. The lowest BCUT2D eigenvalue weighted by molar-refractivity contribution is 0.402. The largest absolute Gasteiger partial charge is 0.381 e. The van der Waals surface area contributed by atoms with Gasteiger partial charge in [-0.1, -0.05) is 17.7 Å². The van der Waals surface area contributed by atoms with Crippen molar-refractivity contribution in [3.05, 3.63) is 59.0 Å². The van der Waals surface area contributed by atoms with Crippen LogP contribution in [0.2, 0.25) is 5.02 Å². The van der Waals surface area contributed by atoms with Crippen molar-refractivity contribution in [2.45, 2.75) is 13.1 Å². The van der Waals surface area contributed by atoms with E-state index >= 15 is 0 Å². The van der Waals surface area contributed by atoms with Gasteiger partial charge in [0.25, 0.3) is 0 Å². The molecule has 2 aromatic heterocycles. The summed E-state index contributed by atoms with van der Waals surface area (Å²) in [6.07, 6.45) is 5.56. The molecular formula is C16H18ClN5. The van der Waals surface area contributed by atoms with E-state index in [0.29, 0.717) is 6.54 Å². The lowest BCUT2D eigenvalue weighted by Crippen LogP contribution is -2.11. The number of hydrogen-bond acceptors (Lipinski definition) is 4. The van der Waals surface area contributed by atoms with Crippen molar-refractivity contribution in [3.63, 3.8) is 0 Å². The summed E-state index contributed by atoms with van der Waals surface area (Å²) in [6, 6.07) is 7.94. The third-order valence-electron chi connectivity index (χ3n) is 3.34. The van der Waals surface area contributed by atoms with Crippen molar-refractivity contribution in [2.75, 3.05) is 19.4 Å². The van der Waals surface area contributed by atoms with Gasteiger partial charge in [-0.3, -0.25) is 0 Å². The molecule has 0 unspecified atom stereocenters. The molecule has 0 aliphatic carbocycles. The monoisotopic (exact) mass is 315 g/mol. The molecule has 22 heavy (non-hydrogen) atoms. The maximum Gasteiger partial charge on any atom is 0.154 e. The predicted octanol–water partition coefficient (Wildman–Crippen LogP) is 3.06. The van der Waals surface area contributed by atoms with Crippen molar-refractivity contribution < 1.29 is 0 Å². The number of benzene rings is 1. The van der Waals surface area contributed by atoms with Gasteiger partial charge in [0.15, 0.2) is 5.65 Å². The van der Waals surface area contributed by atoms with Crippen molar-refractivity contribution in [2.24, 2.45) is 0 Å². The first-order valence-electron chi connectivity index (χ1n) is 7.07. The molecule has 0 spiro atoms. The zero-order chi connectivity index (χ0) is 15.5. The normalized spacial score (nSPS) is 11.3. The molecule has 0 saturated heterocycles. The Labute approximate surface area is 134 Å². The van der Waals surface area contributed by atoms with Gasteiger partial charge in [0.2, 0.25) is 0 Å². The van der Waals surface area contributed by atoms with Gasteiger partial charge < -0.3 is 10.2 Å². The molecule has 0 radical (unpaired) electrons. The molecule has 0 saturated carbocycles. The minimum absolute atomic E-state index is 0.673. The fraction of sp³-hybridized carbons (Fsp3) is 0.250. The molecule has 114 valence electrons. The molecule has 6 heteroatoms. The van der Waals surface area contributed by atoms with Crippen LogP contribution in [0, 0.1) is 0 Å². The number of nitrogens with one attached hydrogen (secondary N) is 1. The Morgan fingerprint density at radius 2 is 2.14 bits per heavy atom. The van der Waals surface area contributed by atoms with E-state index in [9.17, 15) is 0 Å². The highest BCUT2D eigenvalue weighted by Gasteiger charge is 2.04. The molecule has 3 rings (SSSR count). The Hall–Kier alpha value is -2.11. The van der Waals surface area contributed by atoms with E-state index in [-0.39, 0.29) is 0 Å². The molecule has 0 aliphatic heterocycles. The minimum Gasteiger partial charge on any atom is -0.381 e. The molecule has 0 amide bonds. The lowest BCUT2D eigenvalue weighted by Gasteiger charge is -2.13. The van der Waals surface area contributed by atoms with Crippen LogP contribution in [0.25, 0.3) is 5.65 Å². The summed E-state index contributed by atoms with van der Waals surface area (Å²) in [4.78, 5) is 6.44. The summed E-state index contributed by atoms with van der Waals surface area (Å²) in [7, 11) is 4.06. The van der Waals surface area contributed by atoms with Gasteiger partial charge in [0.05, 0.1) is 6.20 Å². The standard InChI is InChI=1S/C16H18ClN5/c1-21(2)11-13-3-4-14(7-15(13)17)18-8-12-9-19-16-5-6-20-22(16)10-12/h3-7,9-10,18H,8,11H2,1-2H3. The predicted molar refractivity (Wildman–Crippen MR) is 89.2 cm³/mol. The van der Waals surface area contributed by atoms with Crippen LogP contribution in [0.4, 0.5) is 5.69 Å². The summed E-state index contributed by atoms with van der Waals surface area (Å²) in [6.45, 7) is 1.51. The van der Waals surface area contributed by atoms with Gasteiger partial charge in [0.1, 0.15) is 0 Å². The molecule has 2 heterocycles. The first-order valence-corrected chi connectivity index (χ1v) is 7.45. The second-order valence-electron chi connectivity index (χ2n) is 5.49. The highest BCUT2D eigenvalue weighted by molar-refractivity contribution is 6.31. The van der Waals surface area contributed by atoms with Crippen LogP contribution >= 0.6 is 11.6 Å². The SMILES string of the molecule is CN(C)Cc1ccc(NCc2cnc3ccnn3c2)cc1Cl. The van der Waals surface area contributed by atoms with E-state index in [1.807, 2.05) is 44.7 Å². The number of anilines is 1. The number of aromatic nitrogens is 3. The molecule has 5 nitrogen and oxygen atoms in total. The maximum absolute atomic E-state index is 6.33. The minimum atomic E-state index is 0.673. The van der Waals surface area contributed by atoms with E-state index in [4.69, 9.17) is 11.6 Å². The first kappa shape index (κ1) is 14.8. The van der Waals surface area contributed by atoms with Crippen LogP contribution in [0.15, 0.2) is 42.9 Å². The molecule has 0 atom stereocenters. The third-order valence-corrected chi connectivity index (χ3v) is 3.69. The van der Waals surface area contributed by atoms with Crippen molar-refractivity contribution in [1.82, 2.24) is 19.5 Å². The molecule has 1 aromatic carbocycles. The smallest absolute Gasteiger partial charge is 0.154 e. The summed E-state index contributed by atoms with van der Waals surface area (Å²) < 4.78 is 1.77. The van der Waals surface area contributed by atoms with Gasteiger partial charge in [0, 0.05) is 47.8 Å². The number of nitrogens with zero attached hydrogens (tertiary/aromatic N) is 4. The zero-order valence-electron chi connectivity index (χ0n) is 12.6. The van der Waals surface area contributed by atoms with Crippen molar-refractivity contribution in [3.8, 4) is 0 Å². The highest BCUT2D eigenvalue weighted by atomic mass is 35.5. The number of hydrogen-bond donors (Lipinski definition) is 1. The van der Waals surface area contributed by atoms with E-state index < -0.39 is 0 Å². The summed E-state index contributed by atoms with van der Waals surface area (Å²) in [5.41, 5.74) is 4.02. The average Bonchev–Trinajstić information content (AvgIpc) is 2.95. The van der Waals surface area contributed by atoms with Crippen LogP contribution in [0.1, 0.15) is 11.1 Å². The van der Waals surface area contributed by atoms with Gasteiger partial charge in [-0.25, -0.2) is 9.50 Å². The molecule has 0 bridgehead atoms. The van der Waals surface area contributed by atoms with Crippen molar-refractivity contribution in [1.29, 1.82) is 0 Å². The van der Waals surface area contributed by atoms with Gasteiger partial charge in [-0.05, 0) is 31.8 Å². The van der Waals surface area contributed by atoms with Crippen LogP contribution < -0.4 is 5.32 Å². The van der Waals surface area contributed by atoms with Gasteiger partial charge >= 0.3 is 0 Å². The number of rotatable bonds is 5. The highest BCUT2D eigenvalue weighted by Crippen LogP contribution is 2.22. The Balaban J connectivity index is 1.69. The zero-order valence-corrected chi connectivity index (χ0v) is 13.4. The number of fused-ring (bicyclic) bond motifs is 1. The molecule has 1 N–H and O–H groups in total.